The van der Waals surface area contributed by atoms with Crippen molar-refractivity contribution in [3.8, 4) is 0 Å². The molecule has 5 nitrogen and oxygen atoms in total. The van der Waals surface area contributed by atoms with Gasteiger partial charge in [-0.2, -0.15) is 0 Å². The van der Waals surface area contributed by atoms with Crippen molar-refractivity contribution in [1.29, 1.82) is 0 Å². The fourth-order valence-electron chi connectivity index (χ4n) is 4.21. The Morgan fingerprint density at radius 1 is 1.25 bits per heavy atom. The number of amides is 1. The molecule has 0 aliphatic heterocycles. The van der Waals surface area contributed by atoms with Crippen LogP contribution >= 0.6 is 0 Å². The first-order valence-corrected chi connectivity index (χ1v) is 10.5. The zero-order valence-electron chi connectivity index (χ0n) is 17.2. The minimum atomic E-state index is -0.384. The molecule has 0 bridgehead atoms. The number of unbranched alkanes of at least 4 members (excludes halogenated alkanes) is 1. The van der Waals surface area contributed by atoms with Crippen LogP contribution in [0.2, 0.25) is 0 Å². The maximum atomic E-state index is 13.2. The number of hydrogen-bond donors (Lipinski definition) is 2. The summed E-state index contributed by atoms with van der Waals surface area (Å²) in [4.78, 5) is 14.6. The second-order valence-corrected chi connectivity index (χ2v) is 7.95. The molecule has 158 valence electrons. The van der Waals surface area contributed by atoms with E-state index in [1.807, 2.05) is 0 Å². The van der Waals surface area contributed by atoms with Gasteiger partial charge in [0.2, 0.25) is 5.91 Å². The molecular weight excluding hydrogens is 359 g/mol. The van der Waals surface area contributed by atoms with Gasteiger partial charge in [0.15, 0.2) is 0 Å². The van der Waals surface area contributed by atoms with Crippen LogP contribution in [0.3, 0.4) is 0 Å². The largest absolute Gasteiger partial charge is 0.377 e. The number of methoxy groups -OCH3 is 1. The lowest BCUT2D eigenvalue weighted by atomic mass is 9.91. The fraction of sp³-hybridized carbons (Fsp3) is 0.682. The average molecular weight is 395 g/mol. The molecule has 1 aliphatic carbocycles. The number of hydrogen-bond acceptors (Lipinski definition) is 4. The van der Waals surface area contributed by atoms with Crippen molar-refractivity contribution in [1.82, 2.24) is 10.4 Å². The minimum Gasteiger partial charge on any atom is -0.377 e. The van der Waals surface area contributed by atoms with Gasteiger partial charge in [0.1, 0.15) is 5.82 Å². The lowest BCUT2D eigenvalue weighted by molar-refractivity contribution is -0.135. The van der Waals surface area contributed by atoms with Gasteiger partial charge in [0.25, 0.3) is 0 Å². The van der Waals surface area contributed by atoms with E-state index in [4.69, 9.17) is 9.94 Å². The van der Waals surface area contributed by atoms with Crippen molar-refractivity contribution in [2.24, 2.45) is 5.92 Å². The molecule has 0 unspecified atom stereocenters. The number of nitrogens with zero attached hydrogens (tertiary/aromatic N) is 1. The number of rotatable bonds is 11. The monoisotopic (exact) mass is 394 g/mol. The third-order valence-corrected chi connectivity index (χ3v) is 6.02. The number of carbonyl (C=O) groups is 1. The Bertz CT molecular complexity index is 576. The van der Waals surface area contributed by atoms with Crippen molar-refractivity contribution >= 4 is 5.91 Å². The molecular formula is C22H35FN2O3. The van der Waals surface area contributed by atoms with E-state index in [-0.39, 0.29) is 23.7 Å². The van der Waals surface area contributed by atoms with Crippen LogP contribution in [-0.2, 0) is 9.53 Å². The van der Waals surface area contributed by atoms with Gasteiger partial charge in [-0.25, -0.2) is 9.87 Å². The average Bonchev–Trinajstić information content (AvgIpc) is 2.74. The molecule has 1 saturated carbocycles. The molecule has 0 radical (unpaired) electrons. The van der Waals surface area contributed by atoms with Gasteiger partial charge in [-0.15, -0.1) is 0 Å². The SMILES string of the molecule is CO[C@H](C[C@H](CCCCN(C)C1CCCCC1)C(=O)NO)c1ccc(F)cc1. The van der Waals surface area contributed by atoms with E-state index in [2.05, 4.69) is 11.9 Å². The summed E-state index contributed by atoms with van der Waals surface area (Å²) in [5.41, 5.74) is 2.62. The van der Waals surface area contributed by atoms with Crippen molar-refractivity contribution in [3.05, 3.63) is 35.6 Å². The normalized spacial score (nSPS) is 17.5. The van der Waals surface area contributed by atoms with E-state index in [9.17, 15) is 9.18 Å². The Kier molecular flexibility index (Phi) is 9.88. The number of benzene rings is 1. The highest BCUT2D eigenvalue weighted by Gasteiger charge is 2.24. The van der Waals surface area contributed by atoms with Crippen molar-refractivity contribution in [2.75, 3.05) is 20.7 Å². The quantitative estimate of drug-likeness (QED) is 0.330. The third kappa shape index (κ3) is 7.15. The molecule has 1 aromatic carbocycles. The van der Waals surface area contributed by atoms with Crippen LogP contribution in [0.1, 0.15) is 69.5 Å². The fourth-order valence-corrected chi connectivity index (χ4v) is 4.21. The summed E-state index contributed by atoms with van der Waals surface area (Å²) >= 11 is 0. The molecule has 1 aromatic rings. The minimum absolute atomic E-state index is 0.301. The highest BCUT2D eigenvalue weighted by molar-refractivity contribution is 5.77. The molecule has 1 aliphatic rings. The first-order valence-electron chi connectivity index (χ1n) is 10.5. The van der Waals surface area contributed by atoms with E-state index >= 15 is 0 Å². The Balaban J connectivity index is 1.83. The van der Waals surface area contributed by atoms with Gasteiger partial charge < -0.3 is 9.64 Å². The summed E-state index contributed by atoms with van der Waals surface area (Å²) in [5.74, 6) is -1.03. The summed E-state index contributed by atoms with van der Waals surface area (Å²) in [6.45, 7) is 1.03. The Labute approximate surface area is 168 Å². The molecule has 2 atom stereocenters. The Hall–Kier alpha value is -1.50. The summed E-state index contributed by atoms with van der Waals surface area (Å²) in [5, 5.41) is 9.11. The Morgan fingerprint density at radius 3 is 2.54 bits per heavy atom. The van der Waals surface area contributed by atoms with Crippen molar-refractivity contribution in [2.45, 2.75) is 69.9 Å². The lowest BCUT2D eigenvalue weighted by Crippen LogP contribution is -2.34. The van der Waals surface area contributed by atoms with Gasteiger partial charge in [-0.05, 0) is 63.4 Å². The molecule has 0 spiro atoms. The predicted octanol–water partition coefficient (Wildman–Crippen LogP) is 4.46. The smallest absolute Gasteiger partial charge is 0.246 e. The number of nitrogens with one attached hydrogen (secondary N) is 1. The summed E-state index contributed by atoms with van der Waals surface area (Å²) in [6, 6.07) is 6.84. The molecule has 28 heavy (non-hydrogen) atoms. The molecule has 0 saturated heterocycles. The summed E-state index contributed by atoms with van der Waals surface area (Å²) in [6.07, 6.45) is 9.36. The van der Waals surface area contributed by atoms with Crippen LogP contribution in [0.4, 0.5) is 4.39 Å². The predicted molar refractivity (Wildman–Crippen MR) is 108 cm³/mol. The second-order valence-electron chi connectivity index (χ2n) is 7.95. The van der Waals surface area contributed by atoms with Crippen LogP contribution in [-0.4, -0.2) is 42.8 Å². The summed E-state index contributed by atoms with van der Waals surface area (Å²) < 4.78 is 18.7. The molecule has 0 heterocycles. The lowest BCUT2D eigenvalue weighted by Gasteiger charge is -2.31. The summed E-state index contributed by atoms with van der Waals surface area (Å²) in [7, 11) is 3.78. The van der Waals surface area contributed by atoms with Crippen molar-refractivity contribution in [3.63, 3.8) is 0 Å². The van der Waals surface area contributed by atoms with Crippen LogP contribution in [0.15, 0.2) is 24.3 Å². The van der Waals surface area contributed by atoms with Crippen LogP contribution in [0.25, 0.3) is 0 Å². The molecule has 2 N–H and O–H groups in total. The van der Waals surface area contributed by atoms with Gasteiger partial charge in [-0.1, -0.05) is 37.8 Å². The number of carbonyl (C=O) groups excluding carboxylic acids is 1. The van der Waals surface area contributed by atoms with Gasteiger partial charge in [-0.3, -0.25) is 10.0 Å². The van der Waals surface area contributed by atoms with Gasteiger partial charge >= 0.3 is 0 Å². The first kappa shape index (κ1) is 22.8. The molecule has 1 fully saturated rings. The Morgan fingerprint density at radius 2 is 1.93 bits per heavy atom. The highest BCUT2D eigenvalue weighted by atomic mass is 19.1. The van der Waals surface area contributed by atoms with E-state index in [0.717, 1.165) is 24.9 Å². The van der Waals surface area contributed by atoms with Gasteiger partial charge in [0.05, 0.1) is 6.10 Å². The molecule has 6 heteroatoms. The standard InChI is InChI=1S/C22H35FN2O3/c1-25(20-9-4-3-5-10-20)15-7-6-8-18(22(26)24-27)16-21(28-2)17-11-13-19(23)14-12-17/h11-14,18,20-21,27H,3-10,15-16H2,1-2H3,(H,24,26)/t18-,21+/m0/s1. The number of hydroxylamine groups is 1. The van der Waals surface area contributed by atoms with Gasteiger partial charge in [0, 0.05) is 19.1 Å². The maximum Gasteiger partial charge on any atom is 0.246 e. The van der Waals surface area contributed by atoms with Crippen LogP contribution in [0.5, 0.6) is 0 Å². The van der Waals surface area contributed by atoms with E-state index in [1.165, 1.54) is 44.2 Å². The molecule has 1 amide bonds. The zero-order valence-corrected chi connectivity index (χ0v) is 17.2. The number of ether oxygens (including phenoxy) is 1. The first-order chi connectivity index (χ1) is 13.5. The highest BCUT2D eigenvalue weighted by Crippen LogP contribution is 2.28. The van der Waals surface area contributed by atoms with Crippen molar-refractivity contribution < 1.29 is 19.1 Å². The van der Waals surface area contributed by atoms with Crippen LogP contribution < -0.4 is 5.48 Å². The van der Waals surface area contributed by atoms with Crippen LogP contribution in [0, 0.1) is 11.7 Å². The molecule has 2 rings (SSSR count). The third-order valence-electron chi connectivity index (χ3n) is 6.02. The zero-order chi connectivity index (χ0) is 20.4. The van der Waals surface area contributed by atoms with E-state index in [1.54, 1.807) is 24.7 Å². The van der Waals surface area contributed by atoms with E-state index < -0.39 is 0 Å². The maximum absolute atomic E-state index is 13.2. The van der Waals surface area contributed by atoms with E-state index in [0.29, 0.717) is 18.9 Å². The molecule has 0 aromatic heterocycles. The second kappa shape index (κ2) is 12.1. The number of halogens is 1. The topological polar surface area (TPSA) is 61.8 Å².